The van der Waals surface area contributed by atoms with Crippen LogP contribution in [-0.2, 0) is 7.05 Å². The molecular weight excluding hydrogens is 238 g/mol. The van der Waals surface area contributed by atoms with Gasteiger partial charge in [-0.3, -0.25) is 9.78 Å². The van der Waals surface area contributed by atoms with Crippen LogP contribution in [0.25, 0.3) is 22.2 Å². The highest BCUT2D eigenvalue weighted by molar-refractivity contribution is 6.34. The van der Waals surface area contributed by atoms with Crippen LogP contribution in [0.5, 0.6) is 0 Å². The Morgan fingerprint density at radius 3 is 2.88 bits per heavy atom. The van der Waals surface area contributed by atoms with Crippen LogP contribution in [0, 0.1) is 0 Å². The lowest BCUT2D eigenvalue weighted by Gasteiger charge is -1.96. The average Bonchev–Trinajstić information content (AvgIpc) is 2.84. The summed E-state index contributed by atoms with van der Waals surface area (Å²) in [6.07, 6.45) is 0. The van der Waals surface area contributed by atoms with E-state index in [1.165, 1.54) is 0 Å². The fraction of sp³-hybridized carbons (Fsp3) is 0.0909. The summed E-state index contributed by atoms with van der Waals surface area (Å²) in [6.45, 7) is 0. The van der Waals surface area contributed by atoms with Gasteiger partial charge < -0.3 is 5.73 Å². The summed E-state index contributed by atoms with van der Waals surface area (Å²) in [4.78, 5) is 0. The second-order valence-electron chi connectivity index (χ2n) is 3.85. The first-order valence-electron chi connectivity index (χ1n) is 5.08. The van der Waals surface area contributed by atoms with Gasteiger partial charge in [-0.2, -0.15) is 10.2 Å². The molecule has 5 nitrogen and oxygen atoms in total. The van der Waals surface area contributed by atoms with Crippen molar-refractivity contribution in [1.29, 1.82) is 0 Å². The fourth-order valence-electron chi connectivity index (χ4n) is 1.76. The number of halogens is 1. The second kappa shape index (κ2) is 3.49. The van der Waals surface area contributed by atoms with Gasteiger partial charge in [0.1, 0.15) is 11.0 Å². The van der Waals surface area contributed by atoms with E-state index in [9.17, 15) is 0 Å². The van der Waals surface area contributed by atoms with Crippen molar-refractivity contribution < 1.29 is 0 Å². The molecule has 0 aliphatic rings. The number of nitrogens with two attached hydrogens (primary N) is 1. The van der Waals surface area contributed by atoms with E-state index in [-0.39, 0.29) is 0 Å². The van der Waals surface area contributed by atoms with Gasteiger partial charge in [-0.15, -0.1) is 0 Å². The molecule has 3 rings (SSSR count). The largest absolute Gasteiger partial charge is 0.384 e. The first kappa shape index (κ1) is 10.2. The monoisotopic (exact) mass is 247 g/mol. The van der Waals surface area contributed by atoms with Crippen LogP contribution in [0.15, 0.2) is 24.3 Å². The minimum atomic E-state index is 0.533. The maximum absolute atomic E-state index is 6.00. The Bertz CT molecular complexity index is 678. The van der Waals surface area contributed by atoms with Crippen molar-refractivity contribution in [3.05, 3.63) is 29.4 Å². The van der Waals surface area contributed by atoms with Crippen molar-refractivity contribution in [3.8, 4) is 11.3 Å². The van der Waals surface area contributed by atoms with Gasteiger partial charge >= 0.3 is 0 Å². The smallest absolute Gasteiger partial charge is 0.132 e. The number of nitrogens with one attached hydrogen (secondary N) is 1. The van der Waals surface area contributed by atoms with E-state index in [1.54, 1.807) is 4.68 Å². The Balaban J connectivity index is 2.20. The Morgan fingerprint density at radius 2 is 2.18 bits per heavy atom. The van der Waals surface area contributed by atoms with Gasteiger partial charge in [-0.25, -0.2) is 0 Å². The molecule has 6 heteroatoms. The highest BCUT2D eigenvalue weighted by atomic mass is 35.5. The van der Waals surface area contributed by atoms with Crippen molar-refractivity contribution in [3.63, 3.8) is 0 Å². The molecular formula is C11H10ClN5. The average molecular weight is 248 g/mol. The number of nitrogen functional groups attached to an aromatic ring is 1. The van der Waals surface area contributed by atoms with Crippen molar-refractivity contribution in [2.75, 3.05) is 5.73 Å². The third-order valence-electron chi connectivity index (χ3n) is 2.72. The number of aryl methyl sites for hydroxylation is 1. The lowest BCUT2D eigenvalue weighted by Crippen LogP contribution is -1.96. The third-order valence-corrected chi connectivity index (χ3v) is 3.01. The van der Waals surface area contributed by atoms with E-state index >= 15 is 0 Å². The highest BCUT2D eigenvalue weighted by Crippen LogP contribution is 2.27. The number of hydrogen-bond donors (Lipinski definition) is 2. The standard InChI is InChI=1S/C11H10ClN5/c1-17-10(13)5-9(16-17)6-2-3-8-7(4-6)11(12)15-14-8/h2-5H,13H2,1H3,(H,14,15). The Morgan fingerprint density at radius 1 is 1.35 bits per heavy atom. The Labute approximate surface area is 102 Å². The fourth-order valence-corrected chi connectivity index (χ4v) is 1.95. The number of hydrogen-bond acceptors (Lipinski definition) is 3. The zero-order valence-electron chi connectivity index (χ0n) is 9.11. The molecule has 0 amide bonds. The molecule has 0 fully saturated rings. The Hall–Kier alpha value is -2.01. The summed E-state index contributed by atoms with van der Waals surface area (Å²) in [6, 6.07) is 7.62. The predicted octanol–water partition coefficient (Wildman–Crippen LogP) is 2.20. The molecule has 0 unspecified atom stereocenters. The molecule has 1 aromatic carbocycles. The molecule has 0 aliphatic heterocycles. The topological polar surface area (TPSA) is 72.5 Å². The van der Waals surface area contributed by atoms with Crippen molar-refractivity contribution >= 4 is 28.3 Å². The second-order valence-corrected chi connectivity index (χ2v) is 4.23. The van der Waals surface area contributed by atoms with Crippen molar-refractivity contribution in [2.24, 2.45) is 7.05 Å². The van der Waals surface area contributed by atoms with Crippen LogP contribution >= 0.6 is 11.6 Å². The molecule has 0 atom stereocenters. The number of aromatic amines is 1. The number of benzene rings is 1. The molecule has 3 aromatic rings. The lowest BCUT2D eigenvalue weighted by atomic mass is 10.1. The van der Waals surface area contributed by atoms with Gasteiger partial charge in [0, 0.05) is 24.1 Å². The lowest BCUT2D eigenvalue weighted by molar-refractivity contribution is 0.782. The van der Waals surface area contributed by atoms with E-state index in [4.69, 9.17) is 17.3 Å². The summed E-state index contributed by atoms with van der Waals surface area (Å²) < 4.78 is 1.64. The quantitative estimate of drug-likeness (QED) is 0.692. The molecule has 0 radical (unpaired) electrons. The maximum atomic E-state index is 6.00. The molecule has 0 aliphatic carbocycles. The van der Waals surface area contributed by atoms with Crippen LogP contribution in [0.4, 0.5) is 5.82 Å². The number of nitrogens with zero attached hydrogens (tertiary/aromatic N) is 3. The number of H-pyrrole nitrogens is 1. The first-order chi connectivity index (χ1) is 8.15. The van der Waals surface area contributed by atoms with Crippen LogP contribution in [-0.4, -0.2) is 20.0 Å². The van der Waals surface area contributed by atoms with Crippen LogP contribution in [0.2, 0.25) is 5.15 Å². The highest BCUT2D eigenvalue weighted by Gasteiger charge is 2.08. The summed E-state index contributed by atoms with van der Waals surface area (Å²) in [5.41, 5.74) is 8.38. The number of anilines is 1. The molecule has 2 heterocycles. The van der Waals surface area contributed by atoms with Gasteiger partial charge in [0.15, 0.2) is 0 Å². The Kier molecular flexibility index (Phi) is 2.09. The van der Waals surface area contributed by atoms with Crippen LogP contribution in [0.3, 0.4) is 0 Å². The van der Waals surface area contributed by atoms with Gasteiger partial charge in [-0.1, -0.05) is 17.7 Å². The normalized spacial score (nSPS) is 11.2. The van der Waals surface area contributed by atoms with E-state index in [1.807, 2.05) is 31.3 Å². The number of rotatable bonds is 1. The zero-order valence-corrected chi connectivity index (χ0v) is 9.86. The summed E-state index contributed by atoms with van der Waals surface area (Å²) in [7, 11) is 1.81. The SMILES string of the molecule is Cn1nc(-c2ccc3n[nH]c(Cl)c3c2)cc1N. The van der Waals surface area contributed by atoms with E-state index < -0.39 is 0 Å². The zero-order chi connectivity index (χ0) is 12.0. The first-order valence-corrected chi connectivity index (χ1v) is 5.46. The molecule has 0 spiro atoms. The predicted molar refractivity (Wildman–Crippen MR) is 67.7 cm³/mol. The molecule has 2 aromatic heterocycles. The molecule has 0 bridgehead atoms. The summed E-state index contributed by atoms with van der Waals surface area (Å²) in [5.74, 6) is 0.624. The van der Waals surface area contributed by atoms with Gasteiger partial charge in [0.25, 0.3) is 0 Å². The van der Waals surface area contributed by atoms with Gasteiger partial charge in [-0.05, 0) is 12.1 Å². The van der Waals surface area contributed by atoms with Gasteiger partial charge in [0.05, 0.1) is 11.2 Å². The van der Waals surface area contributed by atoms with E-state index in [0.29, 0.717) is 11.0 Å². The van der Waals surface area contributed by atoms with E-state index in [0.717, 1.165) is 22.2 Å². The maximum Gasteiger partial charge on any atom is 0.132 e. The molecule has 0 saturated heterocycles. The van der Waals surface area contributed by atoms with Crippen molar-refractivity contribution in [2.45, 2.75) is 0 Å². The van der Waals surface area contributed by atoms with E-state index in [2.05, 4.69) is 15.3 Å². The number of aromatic nitrogens is 4. The molecule has 0 saturated carbocycles. The van der Waals surface area contributed by atoms with Crippen molar-refractivity contribution in [1.82, 2.24) is 20.0 Å². The molecule has 3 N–H and O–H groups in total. The van der Waals surface area contributed by atoms with Crippen LogP contribution < -0.4 is 5.73 Å². The molecule has 86 valence electrons. The third kappa shape index (κ3) is 1.55. The minimum absolute atomic E-state index is 0.533. The van der Waals surface area contributed by atoms with Gasteiger partial charge in [0.2, 0.25) is 0 Å². The minimum Gasteiger partial charge on any atom is -0.384 e. The number of fused-ring (bicyclic) bond motifs is 1. The van der Waals surface area contributed by atoms with Crippen LogP contribution in [0.1, 0.15) is 0 Å². The summed E-state index contributed by atoms with van der Waals surface area (Å²) >= 11 is 6.00. The summed E-state index contributed by atoms with van der Waals surface area (Å²) in [5, 5.41) is 12.5. The molecule has 17 heavy (non-hydrogen) atoms.